The number of imidazole rings is 1. The Labute approximate surface area is 76.0 Å². The lowest BCUT2D eigenvalue weighted by Gasteiger charge is -1.97. The van der Waals surface area contributed by atoms with Gasteiger partial charge in [0.1, 0.15) is 11.4 Å². The summed E-state index contributed by atoms with van der Waals surface area (Å²) in [6.45, 7) is 1.59. The molecule has 3 nitrogen and oxygen atoms in total. The Bertz CT molecular complexity index is 445. The van der Waals surface area contributed by atoms with Crippen LogP contribution >= 0.6 is 0 Å². The van der Waals surface area contributed by atoms with Gasteiger partial charge in [-0.3, -0.25) is 4.79 Å². The molecule has 2 heterocycles. The van der Waals surface area contributed by atoms with E-state index in [9.17, 15) is 4.79 Å². The second kappa shape index (κ2) is 3.01. The van der Waals surface area contributed by atoms with E-state index < -0.39 is 0 Å². The Morgan fingerprint density at radius 2 is 2.38 bits per heavy atom. The number of hydrogen-bond donors (Lipinski definition) is 0. The predicted molar refractivity (Wildman–Crippen MR) is 49.6 cm³/mol. The minimum absolute atomic E-state index is 0.158. The molecule has 0 aliphatic heterocycles. The number of ketones is 1. The number of pyridine rings is 1. The lowest BCUT2D eigenvalue weighted by Crippen LogP contribution is -1.99. The van der Waals surface area contributed by atoms with Gasteiger partial charge in [-0.1, -0.05) is 6.07 Å². The lowest BCUT2D eigenvalue weighted by molar-refractivity contribution is -0.116. The highest BCUT2D eigenvalue weighted by Gasteiger charge is 2.03. The summed E-state index contributed by atoms with van der Waals surface area (Å²) in [6, 6.07) is 5.78. The zero-order valence-corrected chi connectivity index (χ0v) is 7.40. The second-order valence-electron chi connectivity index (χ2n) is 3.06. The van der Waals surface area contributed by atoms with E-state index in [-0.39, 0.29) is 5.78 Å². The minimum Gasteiger partial charge on any atom is -0.304 e. The SMILES string of the molecule is CC(=O)Cc1cnc2ccccn12. The Morgan fingerprint density at radius 3 is 3.15 bits per heavy atom. The smallest absolute Gasteiger partial charge is 0.136 e. The van der Waals surface area contributed by atoms with Crippen molar-refractivity contribution in [3.8, 4) is 0 Å². The molecule has 2 rings (SSSR count). The maximum atomic E-state index is 10.9. The molecule has 66 valence electrons. The van der Waals surface area contributed by atoms with Gasteiger partial charge in [-0.15, -0.1) is 0 Å². The van der Waals surface area contributed by atoms with Crippen LogP contribution in [0.1, 0.15) is 12.6 Å². The molecule has 0 atom stereocenters. The summed E-state index contributed by atoms with van der Waals surface area (Å²) in [5.74, 6) is 0.158. The first-order chi connectivity index (χ1) is 6.27. The molecule has 0 N–H and O–H groups in total. The molecule has 2 aromatic heterocycles. The van der Waals surface area contributed by atoms with E-state index in [1.165, 1.54) is 0 Å². The standard InChI is InChI=1S/C10H10N2O/c1-8(13)6-9-7-11-10-4-2-3-5-12(9)10/h2-5,7H,6H2,1H3. The number of aromatic nitrogens is 2. The fourth-order valence-electron chi connectivity index (χ4n) is 1.37. The van der Waals surface area contributed by atoms with Crippen LogP contribution in [0.3, 0.4) is 0 Å². The third-order valence-corrected chi connectivity index (χ3v) is 1.92. The van der Waals surface area contributed by atoms with Crippen LogP contribution in [0, 0.1) is 0 Å². The van der Waals surface area contributed by atoms with Crippen molar-refractivity contribution in [3.05, 3.63) is 36.3 Å². The van der Waals surface area contributed by atoms with E-state index in [4.69, 9.17) is 0 Å². The van der Waals surface area contributed by atoms with E-state index in [1.54, 1.807) is 13.1 Å². The molecule has 0 aliphatic rings. The van der Waals surface area contributed by atoms with E-state index in [2.05, 4.69) is 4.98 Å². The van der Waals surface area contributed by atoms with Gasteiger partial charge in [0, 0.05) is 24.5 Å². The van der Waals surface area contributed by atoms with Crippen molar-refractivity contribution in [2.24, 2.45) is 0 Å². The Morgan fingerprint density at radius 1 is 1.54 bits per heavy atom. The zero-order valence-electron chi connectivity index (χ0n) is 7.40. The Hall–Kier alpha value is -1.64. The average molecular weight is 174 g/mol. The third-order valence-electron chi connectivity index (χ3n) is 1.92. The van der Waals surface area contributed by atoms with E-state index >= 15 is 0 Å². The summed E-state index contributed by atoms with van der Waals surface area (Å²) in [5.41, 5.74) is 1.84. The summed E-state index contributed by atoms with van der Waals surface area (Å²) >= 11 is 0. The molecule has 0 saturated carbocycles. The molecule has 0 bridgehead atoms. The van der Waals surface area contributed by atoms with Crippen LogP contribution in [0.5, 0.6) is 0 Å². The molecule has 0 aromatic carbocycles. The fraction of sp³-hybridized carbons (Fsp3) is 0.200. The molecule has 0 radical (unpaired) electrons. The number of fused-ring (bicyclic) bond motifs is 1. The summed E-state index contributed by atoms with van der Waals surface area (Å²) in [4.78, 5) is 15.1. The van der Waals surface area contributed by atoms with Crippen molar-refractivity contribution in [3.63, 3.8) is 0 Å². The van der Waals surface area contributed by atoms with Crippen molar-refractivity contribution >= 4 is 11.4 Å². The fourth-order valence-corrected chi connectivity index (χ4v) is 1.37. The largest absolute Gasteiger partial charge is 0.304 e. The quantitative estimate of drug-likeness (QED) is 0.690. The van der Waals surface area contributed by atoms with E-state index in [1.807, 2.05) is 28.8 Å². The van der Waals surface area contributed by atoms with Crippen molar-refractivity contribution < 1.29 is 4.79 Å². The van der Waals surface area contributed by atoms with Gasteiger partial charge in [0.05, 0.1) is 0 Å². The normalized spacial score (nSPS) is 10.5. The van der Waals surface area contributed by atoms with Gasteiger partial charge in [0.2, 0.25) is 0 Å². The highest BCUT2D eigenvalue weighted by molar-refractivity contribution is 5.77. The zero-order chi connectivity index (χ0) is 9.26. The monoisotopic (exact) mass is 174 g/mol. The van der Waals surface area contributed by atoms with Crippen LogP contribution in [0.2, 0.25) is 0 Å². The van der Waals surface area contributed by atoms with Crippen LogP contribution < -0.4 is 0 Å². The summed E-state index contributed by atoms with van der Waals surface area (Å²) < 4.78 is 1.93. The highest BCUT2D eigenvalue weighted by atomic mass is 16.1. The van der Waals surface area contributed by atoms with Crippen LogP contribution in [-0.4, -0.2) is 15.2 Å². The number of hydrogen-bond acceptors (Lipinski definition) is 2. The average Bonchev–Trinajstić information content (AvgIpc) is 2.48. The van der Waals surface area contributed by atoms with E-state index in [0.717, 1.165) is 11.3 Å². The highest BCUT2D eigenvalue weighted by Crippen LogP contribution is 2.06. The molecule has 0 amide bonds. The third kappa shape index (κ3) is 1.45. The van der Waals surface area contributed by atoms with Gasteiger partial charge in [-0.25, -0.2) is 4.98 Å². The molecule has 2 aromatic rings. The van der Waals surface area contributed by atoms with Gasteiger partial charge in [0.15, 0.2) is 0 Å². The molecule has 13 heavy (non-hydrogen) atoms. The molecule has 0 aliphatic carbocycles. The first kappa shape index (κ1) is 7.98. The predicted octanol–water partition coefficient (Wildman–Crippen LogP) is 1.47. The van der Waals surface area contributed by atoms with Crippen LogP contribution in [0.4, 0.5) is 0 Å². The van der Waals surface area contributed by atoms with Crippen molar-refractivity contribution in [1.82, 2.24) is 9.38 Å². The number of nitrogens with zero attached hydrogens (tertiary/aromatic N) is 2. The van der Waals surface area contributed by atoms with Crippen LogP contribution in [0.15, 0.2) is 30.6 Å². The molecule has 0 fully saturated rings. The molecule has 3 heteroatoms. The molecule has 0 unspecified atom stereocenters. The van der Waals surface area contributed by atoms with Crippen LogP contribution in [0.25, 0.3) is 5.65 Å². The molecular weight excluding hydrogens is 164 g/mol. The summed E-state index contributed by atoms with van der Waals surface area (Å²) in [7, 11) is 0. The number of carbonyl (C=O) groups excluding carboxylic acids is 1. The second-order valence-corrected chi connectivity index (χ2v) is 3.06. The lowest BCUT2D eigenvalue weighted by atomic mass is 10.2. The summed E-state index contributed by atoms with van der Waals surface area (Å²) in [6.07, 6.45) is 4.11. The number of carbonyl (C=O) groups is 1. The Balaban J connectivity index is 2.51. The first-order valence-corrected chi connectivity index (χ1v) is 4.18. The summed E-state index contributed by atoms with van der Waals surface area (Å²) in [5, 5.41) is 0. The van der Waals surface area contributed by atoms with E-state index in [0.29, 0.717) is 6.42 Å². The van der Waals surface area contributed by atoms with Gasteiger partial charge >= 0.3 is 0 Å². The topological polar surface area (TPSA) is 34.4 Å². The maximum absolute atomic E-state index is 10.9. The van der Waals surface area contributed by atoms with Gasteiger partial charge in [0.25, 0.3) is 0 Å². The van der Waals surface area contributed by atoms with Crippen LogP contribution in [-0.2, 0) is 11.2 Å². The Kier molecular flexibility index (Phi) is 1.85. The van der Waals surface area contributed by atoms with Crippen molar-refractivity contribution in [1.29, 1.82) is 0 Å². The number of Topliss-reactive ketones (excluding diaryl/α,β-unsaturated/α-hetero) is 1. The van der Waals surface area contributed by atoms with Gasteiger partial charge in [-0.05, 0) is 19.1 Å². The molecular formula is C10H10N2O. The van der Waals surface area contributed by atoms with Crippen molar-refractivity contribution in [2.75, 3.05) is 0 Å². The van der Waals surface area contributed by atoms with Gasteiger partial charge < -0.3 is 4.40 Å². The molecule has 0 spiro atoms. The molecule has 0 saturated heterocycles. The van der Waals surface area contributed by atoms with Gasteiger partial charge in [-0.2, -0.15) is 0 Å². The number of rotatable bonds is 2. The van der Waals surface area contributed by atoms with Crippen molar-refractivity contribution in [2.45, 2.75) is 13.3 Å². The minimum atomic E-state index is 0.158. The maximum Gasteiger partial charge on any atom is 0.136 e. The first-order valence-electron chi connectivity index (χ1n) is 4.18.